The van der Waals surface area contributed by atoms with E-state index < -0.39 is 0 Å². The number of unbranched alkanes of at least 4 members (excludes halogenated alkanes) is 1. The van der Waals surface area contributed by atoms with E-state index in [0.717, 1.165) is 83.7 Å². The summed E-state index contributed by atoms with van der Waals surface area (Å²) in [5, 5.41) is 0.227. The molecule has 3 aliphatic rings. The summed E-state index contributed by atoms with van der Waals surface area (Å²) < 4.78 is 0. The number of hydrogen-bond donors (Lipinski definition) is 0. The van der Waals surface area contributed by atoms with Crippen molar-refractivity contribution in [1.82, 2.24) is 0 Å². The number of carbonyl (C=O) groups excluding carboxylic acids is 2. The van der Waals surface area contributed by atoms with Gasteiger partial charge in [-0.2, -0.15) is 0 Å². The number of thiophene rings is 1. The first-order valence-electron chi connectivity index (χ1n) is 19.8. The quantitative estimate of drug-likeness (QED) is 0.114. The summed E-state index contributed by atoms with van der Waals surface area (Å²) in [5.74, 6) is 1.30. The van der Waals surface area contributed by atoms with Gasteiger partial charge in [-0.3, -0.25) is 9.59 Å². The molecule has 0 bridgehead atoms. The molecule has 3 atom stereocenters. The Balaban J connectivity index is 1.03. The second-order valence-electron chi connectivity index (χ2n) is 14.7. The molecule has 3 unspecified atom stereocenters. The molecule has 0 aliphatic carbocycles. The predicted molar refractivity (Wildman–Crippen MR) is 229 cm³/mol. The van der Waals surface area contributed by atoms with Crippen LogP contribution in [0.3, 0.4) is 0 Å². The molecule has 2 amide bonds. The Labute approximate surface area is 324 Å². The van der Waals surface area contributed by atoms with Gasteiger partial charge in [0.15, 0.2) is 0 Å². The minimum atomic E-state index is 0.114. The maximum Gasteiger partial charge on any atom is 0.259 e. The molecule has 0 saturated heterocycles. The first-order chi connectivity index (χ1) is 25.9. The fourth-order valence-electron chi connectivity index (χ4n) is 8.03. The van der Waals surface area contributed by atoms with Crippen molar-refractivity contribution in [2.75, 3.05) is 22.9 Å². The van der Waals surface area contributed by atoms with Crippen molar-refractivity contribution in [3.63, 3.8) is 0 Å². The van der Waals surface area contributed by atoms with Crippen LogP contribution in [0, 0.1) is 11.8 Å². The van der Waals surface area contributed by atoms with Gasteiger partial charge in [0.1, 0.15) is 0 Å². The summed E-state index contributed by atoms with van der Waals surface area (Å²) in [6.45, 7) is 10.5. The predicted octanol–water partition coefficient (Wildman–Crippen LogP) is 12.6. The summed E-state index contributed by atoms with van der Waals surface area (Å²) in [5.41, 5.74) is 8.23. The Hall–Kier alpha value is -4.13. The Bertz CT molecular complexity index is 2040. The molecule has 53 heavy (non-hydrogen) atoms. The molecule has 1 aromatic heterocycles. The van der Waals surface area contributed by atoms with Crippen molar-refractivity contribution in [3.8, 4) is 10.4 Å². The Kier molecular flexibility index (Phi) is 11.9. The largest absolute Gasteiger partial charge is 0.307 e. The maximum atomic E-state index is 13.9. The van der Waals surface area contributed by atoms with E-state index >= 15 is 0 Å². The summed E-state index contributed by atoms with van der Waals surface area (Å²) in [6, 6.07) is 29.7. The van der Waals surface area contributed by atoms with Gasteiger partial charge in [0.2, 0.25) is 0 Å². The number of thioether (sulfide) groups is 1. The molecule has 0 radical (unpaired) electrons. The molecule has 3 aromatic carbocycles. The van der Waals surface area contributed by atoms with E-state index in [0.29, 0.717) is 11.8 Å². The standard InChI is InChI=1S/C47H52N2O2S2/c1-5-9-15-33(8-4)31-49-43-19-13-11-17-39(43)41(47(49)51)29-37-25-27-45(53-37)35-22-20-34(21-23-35)44-26-24-36(52-44)28-40-38-16-10-12-18-42(38)48(46(40)50)30-32(7-3)14-6-2/h10-13,16-24,26-29,32-33,37H,5-9,14-15,25,30-31H2,1-4H3/b40-28-,41-29-. The molecule has 0 fully saturated rings. The van der Waals surface area contributed by atoms with E-state index in [2.05, 4.69) is 119 Å². The Morgan fingerprint density at radius 2 is 1.30 bits per heavy atom. The third kappa shape index (κ3) is 7.91. The fourth-order valence-corrected chi connectivity index (χ4v) is 10.2. The van der Waals surface area contributed by atoms with Gasteiger partial charge in [0.25, 0.3) is 11.8 Å². The molecular formula is C47H52N2O2S2. The van der Waals surface area contributed by atoms with Crippen molar-refractivity contribution in [3.05, 3.63) is 119 Å². The molecule has 4 heterocycles. The molecule has 4 nitrogen and oxygen atoms in total. The lowest BCUT2D eigenvalue weighted by Crippen LogP contribution is -2.32. The second kappa shape index (κ2) is 16.9. The highest BCUT2D eigenvalue weighted by atomic mass is 32.2. The number of carbonyl (C=O) groups is 2. The van der Waals surface area contributed by atoms with Crippen LogP contribution in [0.1, 0.15) is 101 Å². The zero-order valence-corrected chi connectivity index (χ0v) is 33.3. The second-order valence-corrected chi connectivity index (χ2v) is 17.1. The number of rotatable bonds is 15. The average molecular weight is 741 g/mol. The van der Waals surface area contributed by atoms with E-state index in [4.69, 9.17) is 0 Å². The monoisotopic (exact) mass is 740 g/mol. The lowest BCUT2D eigenvalue weighted by Gasteiger charge is -2.23. The van der Waals surface area contributed by atoms with Crippen LogP contribution in [-0.2, 0) is 9.59 Å². The third-order valence-electron chi connectivity index (χ3n) is 11.2. The SMILES string of the molecule is CCCCC(CC)CN1C(=O)/C(=C\C2CC=C(c3ccc(-c4ccc(/C=C5\C(=O)N(CC(CC)CCC)c6ccccc65)s4)cc3)S2)c2ccccc21. The summed E-state index contributed by atoms with van der Waals surface area (Å²) in [6.07, 6.45) is 15.5. The van der Waals surface area contributed by atoms with Gasteiger partial charge in [-0.15, -0.1) is 23.1 Å². The highest BCUT2D eigenvalue weighted by Crippen LogP contribution is 2.45. The van der Waals surface area contributed by atoms with E-state index in [9.17, 15) is 9.59 Å². The smallest absolute Gasteiger partial charge is 0.259 e. The normalized spacial score (nSPS) is 19.3. The fraction of sp³-hybridized carbons (Fsp3) is 0.362. The number of nitrogens with zero attached hydrogens (tertiary/aromatic N) is 2. The molecule has 274 valence electrons. The van der Waals surface area contributed by atoms with Gasteiger partial charge in [0.05, 0.1) is 16.9 Å². The van der Waals surface area contributed by atoms with Crippen LogP contribution in [0.15, 0.2) is 97.1 Å². The third-order valence-corrected chi connectivity index (χ3v) is 13.5. The first-order valence-corrected chi connectivity index (χ1v) is 21.4. The first kappa shape index (κ1) is 37.2. The number of para-hydroxylation sites is 2. The van der Waals surface area contributed by atoms with Crippen LogP contribution in [0.2, 0.25) is 0 Å². The summed E-state index contributed by atoms with van der Waals surface area (Å²) in [7, 11) is 0. The van der Waals surface area contributed by atoms with Crippen molar-refractivity contribution in [2.45, 2.75) is 84.3 Å². The van der Waals surface area contributed by atoms with Crippen molar-refractivity contribution in [2.24, 2.45) is 11.8 Å². The van der Waals surface area contributed by atoms with Crippen LogP contribution in [0.4, 0.5) is 11.4 Å². The molecule has 7 rings (SSSR count). The number of benzene rings is 3. The van der Waals surface area contributed by atoms with Crippen LogP contribution in [0.25, 0.3) is 32.6 Å². The Morgan fingerprint density at radius 3 is 1.94 bits per heavy atom. The van der Waals surface area contributed by atoms with Crippen molar-refractivity contribution < 1.29 is 9.59 Å². The van der Waals surface area contributed by atoms with Gasteiger partial charge in [-0.1, -0.05) is 133 Å². The number of allylic oxidation sites excluding steroid dienone is 1. The van der Waals surface area contributed by atoms with Gasteiger partial charge < -0.3 is 9.80 Å². The Morgan fingerprint density at radius 1 is 0.698 bits per heavy atom. The van der Waals surface area contributed by atoms with Crippen molar-refractivity contribution >= 4 is 68.4 Å². The van der Waals surface area contributed by atoms with Crippen LogP contribution < -0.4 is 9.80 Å². The lowest BCUT2D eigenvalue weighted by molar-refractivity contribution is -0.113. The highest BCUT2D eigenvalue weighted by molar-refractivity contribution is 8.09. The van der Waals surface area contributed by atoms with Gasteiger partial charge in [-0.25, -0.2) is 0 Å². The number of anilines is 2. The van der Waals surface area contributed by atoms with E-state index in [1.54, 1.807) is 11.3 Å². The zero-order chi connectivity index (χ0) is 36.9. The van der Waals surface area contributed by atoms with Crippen LogP contribution in [-0.4, -0.2) is 30.2 Å². The number of hydrogen-bond acceptors (Lipinski definition) is 4. The van der Waals surface area contributed by atoms with Crippen LogP contribution in [0.5, 0.6) is 0 Å². The number of fused-ring (bicyclic) bond motifs is 2. The topological polar surface area (TPSA) is 40.6 Å². The zero-order valence-electron chi connectivity index (χ0n) is 31.6. The molecule has 0 spiro atoms. The molecule has 3 aliphatic heterocycles. The highest BCUT2D eigenvalue weighted by Gasteiger charge is 2.35. The molecule has 6 heteroatoms. The van der Waals surface area contributed by atoms with Crippen LogP contribution >= 0.6 is 23.1 Å². The van der Waals surface area contributed by atoms with E-state index in [1.807, 2.05) is 33.7 Å². The minimum Gasteiger partial charge on any atom is -0.307 e. The maximum absolute atomic E-state index is 13.9. The molecule has 4 aromatic rings. The lowest BCUT2D eigenvalue weighted by atomic mass is 9.98. The molecular weight excluding hydrogens is 689 g/mol. The van der Waals surface area contributed by atoms with E-state index in [1.165, 1.54) is 40.2 Å². The molecule has 0 N–H and O–H groups in total. The molecule has 0 saturated carbocycles. The summed E-state index contributed by atoms with van der Waals surface area (Å²) >= 11 is 3.58. The van der Waals surface area contributed by atoms with Crippen molar-refractivity contribution in [1.29, 1.82) is 0 Å². The van der Waals surface area contributed by atoms with Gasteiger partial charge in [0, 0.05) is 49.7 Å². The van der Waals surface area contributed by atoms with Gasteiger partial charge in [-0.05, 0) is 72.6 Å². The minimum absolute atomic E-state index is 0.114. The number of amides is 2. The summed E-state index contributed by atoms with van der Waals surface area (Å²) in [4.78, 5) is 35.2. The van der Waals surface area contributed by atoms with E-state index in [-0.39, 0.29) is 17.1 Å². The van der Waals surface area contributed by atoms with Gasteiger partial charge >= 0.3 is 0 Å². The average Bonchev–Trinajstić information content (AvgIpc) is 3.97.